The molecule has 0 radical (unpaired) electrons. The zero-order valence-corrected chi connectivity index (χ0v) is 13.0. The maximum Gasteiger partial charge on any atom is 0.229 e. The number of benzene rings is 1. The Bertz CT molecular complexity index is 899. The Labute approximate surface area is 128 Å². The van der Waals surface area contributed by atoms with E-state index in [1.807, 2.05) is 35.0 Å². The van der Waals surface area contributed by atoms with Crippen LogP contribution in [-0.4, -0.2) is 31.2 Å². The fourth-order valence-corrected chi connectivity index (χ4v) is 2.80. The van der Waals surface area contributed by atoms with Gasteiger partial charge in [-0.2, -0.15) is 0 Å². The first-order valence-electron chi connectivity index (χ1n) is 6.56. The topological polar surface area (TPSA) is 72.7 Å². The molecule has 0 aliphatic carbocycles. The third-order valence-corrected chi connectivity index (χ3v) is 3.75. The summed E-state index contributed by atoms with van der Waals surface area (Å²) in [4.78, 5) is 4.54. The van der Waals surface area contributed by atoms with E-state index in [9.17, 15) is 8.42 Å². The Morgan fingerprint density at radius 3 is 2.73 bits per heavy atom. The van der Waals surface area contributed by atoms with Gasteiger partial charge >= 0.3 is 0 Å². The SMILES string of the molecule is COc1cc(NS(C)(=O)=O)ccc1-c1cn2ccccc2n1. The van der Waals surface area contributed by atoms with Crippen LogP contribution in [0.3, 0.4) is 0 Å². The first-order chi connectivity index (χ1) is 10.5. The Morgan fingerprint density at radius 1 is 1.23 bits per heavy atom. The number of hydrogen-bond acceptors (Lipinski definition) is 4. The second-order valence-corrected chi connectivity index (χ2v) is 6.63. The van der Waals surface area contributed by atoms with Crippen molar-refractivity contribution in [3.63, 3.8) is 0 Å². The largest absolute Gasteiger partial charge is 0.496 e. The molecule has 7 heteroatoms. The molecule has 0 saturated heterocycles. The van der Waals surface area contributed by atoms with Crippen LogP contribution in [0.25, 0.3) is 16.9 Å². The molecule has 1 N–H and O–H groups in total. The number of pyridine rings is 1. The molecule has 22 heavy (non-hydrogen) atoms. The van der Waals surface area contributed by atoms with Crippen LogP contribution in [0.1, 0.15) is 0 Å². The summed E-state index contributed by atoms with van der Waals surface area (Å²) in [5.74, 6) is 0.553. The van der Waals surface area contributed by atoms with Gasteiger partial charge in [0.15, 0.2) is 0 Å². The Balaban J connectivity index is 2.06. The van der Waals surface area contributed by atoms with E-state index in [0.29, 0.717) is 11.4 Å². The molecule has 0 saturated carbocycles. The van der Waals surface area contributed by atoms with Gasteiger partial charge in [0.2, 0.25) is 10.0 Å². The van der Waals surface area contributed by atoms with Crippen molar-refractivity contribution in [1.29, 1.82) is 0 Å². The summed E-state index contributed by atoms with van der Waals surface area (Å²) in [6.07, 6.45) is 4.92. The number of nitrogens with one attached hydrogen (secondary N) is 1. The third-order valence-electron chi connectivity index (χ3n) is 3.14. The molecule has 0 atom stereocenters. The summed E-state index contributed by atoms with van der Waals surface area (Å²) in [6.45, 7) is 0. The van der Waals surface area contributed by atoms with Gasteiger partial charge in [0.05, 0.1) is 24.7 Å². The van der Waals surface area contributed by atoms with Gasteiger partial charge in [0.1, 0.15) is 11.4 Å². The lowest BCUT2D eigenvalue weighted by molar-refractivity contribution is 0.416. The maximum atomic E-state index is 11.3. The van der Waals surface area contributed by atoms with E-state index in [1.54, 1.807) is 25.3 Å². The van der Waals surface area contributed by atoms with Crippen LogP contribution < -0.4 is 9.46 Å². The van der Waals surface area contributed by atoms with Crippen molar-refractivity contribution in [3.8, 4) is 17.0 Å². The molecule has 0 aliphatic heterocycles. The fourth-order valence-electron chi connectivity index (χ4n) is 2.24. The van der Waals surface area contributed by atoms with E-state index in [1.165, 1.54) is 0 Å². The summed E-state index contributed by atoms with van der Waals surface area (Å²) in [5.41, 5.74) is 2.84. The number of rotatable bonds is 4. The summed E-state index contributed by atoms with van der Waals surface area (Å²) >= 11 is 0. The first kappa shape index (κ1) is 14.4. The Kier molecular flexibility index (Phi) is 3.50. The maximum absolute atomic E-state index is 11.3. The molecule has 0 aliphatic rings. The molecule has 0 amide bonds. The Morgan fingerprint density at radius 2 is 2.05 bits per heavy atom. The predicted octanol–water partition coefficient (Wildman–Crippen LogP) is 2.38. The quantitative estimate of drug-likeness (QED) is 0.802. The molecule has 0 fully saturated rings. The lowest BCUT2D eigenvalue weighted by atomic mass is 10.1. The van der Waals surface area contributed by atoms with Crippen LogP contribution in [-0.2, 0) is 10.0 Å². The van der Waals surface area contributed by atoms with Crippen LogP contribution in [0.5, 0.6) is 5.75 Å². The van der Waals surface area contributed by atoms with Crippen LogP contribution in [0.2, 0.25) is 0 Å². The number of imidazole rings is 1. The van der Waals surface area contributed by atoms with Crippen LogP contribution in [0, 0.1) is 0 Å². The zero-order chi connectivity index (χ0) is 15.7. The number of methoxy groups -OCH3 is 1. The van der Waals surface area contributed by atoms with Crippen molar-refractivity contribution in [1.82, 2.24) is 9.38 Å². The average Bonchev–Trinajstić information content (AvgIpc) is 2.89. The summed E-state index contributed by atoms with van der Waals surface area (Å²) in [7, 11) is -1.78. The smallest absolute Gasteiger partial charge is 0.229 e. The third kappa shape index (κ3) is 2.89. The molecule has 6 nitrogen and oxygen atoms in total. The average molecular weight is 317 g/mol. The van der Waals surface area contributed by atoms with Gasteiger partial charge in [-0.05, 0) is 24.3 Å². The molecule has 2 aromatic heterocycles. The highest BCUT2D eigenvalue weighted by atomic mass is 32.2. The highest BCUT2D eigenvalue weighted by molar-refractivity contribution is 7.92. The lowest BCUT2D eigenvalue weighted by Gasteiger charge is -2.09. The first-order valence-corrected chi connectivity index (χ1v) is 8.45. The van der Waals surface area contributed by atoms with Crippen LogP contribution >= 0.6 is 0 Å². The molecule has 114 valence electrons. The minimum Gasteiger partial charge on any atom is -0.496 e. The minimum absolute atomic E-state index is 0.451. The van der Waals surface area contributed by atoms with Gasteiger partial charge in [-0.15, -0.1) is 0 Å². The van der Waals surface area contributed by atoms with Crippen molar-refractivity contribution >= 4 is 21.4 Å². The van der Waals surface area contributed by atoms with Gasteiger partial charge < -0.3 is 9.14 Å². The van der Waals surface area contributed by atoms with Crippen molar-refractivity contribution in [2.45, 2.75) is 0 Å². The number of hydrogen-bond donors (Lipinski definition) is 1. The van der Waals surface area contributed by atoms with Gasteiger partial charge in [-0.3, -0.25) is 4.72 Å². The van der Waals surface area contributed by atoms with Crippen molar-refractivity contribution in [2.75, 3.05) is 18.1 Å². The minimum atomic E-state index is -3.33. The molecule has 3 aromatic rings. The standard InChI is InChI=1S/C15H15N3O3S/c1-21-14-9-11(17-22(2,19)20)6-7-12(14)13-10-18-8-4-3-5-15(18)16-13/h3-10,17H,1-2H3. The van der Waals surface area contributed by atoms with E-state index in [-0.39, 0.29) is 0 Å². The number of nitrogens with zero attached hydrogens (tertiary/aromatic N) is 2. The fraction of sp³-hybridized carbons (Fsp3) is 0.133. The summed E-state index contributed by atoms with van der Waals surface area (Å²) < 4.78 is 32.3. The predicted molar refractivity (Wildman–Crippen MR) is 85.6 cm³/mol. The number of fused-ring (bicyclic) bond motifs is 1. The van der Waals surface area contributed by atoms with Gasteiger partial charge in [-0.25, -0.2) is 13.4 Å². The van der Waals surface area contributed by atoms with E-state index in [0.717, 1.165) is 23.2 Å². The molecule has 1 aromatic carbocycles. The summed E-state index contributed by atoms with van der Waals surface area (Å²) in [5, 5.41) is 0. The van der Waals surface area contributed by atoms with Gasteiger partial charge in [-0.1, -0.05) is 6.07 Å². The highest BCUT2D eigenvalue weighted by Gasteiger charge is 2.12. The molecular formula is C15H15N3O3S. The summed E-state index contributed by atoms with van der Waals surface area (Å²) in [6, 6.07) is 10.9. The number of anilines is 1. The van der Waals surface area contributed by atoms with Crippen LogP contribution in [0.15, 0.2) is 48.8 Å². The second-order valence-electron chi connectivity index (χ2n) is 4.88. The van der Waals surface area contributed by atoms with Crippen molar-refractivity contribution < 1.29 is 13.2 Å². The van der Waals surface area contributed by atoms with Gasteiger partial charge in [0.25, 0.3) is 0 Å². The molecule has 3 rings (SSSR count). The van der Waals surface area contributed by atoms with Crippen LogP contribution in [0.4, 0.5) is 5.69 Å². The van der Waals surface area contributed by atoms with E-state index < -0.39 is 10.0 Å². The van der Waals surface area contributed by atoms with E-state index in [4.69, 9.17) is 4.74 Å². The van der Waals surface area contributed by atoms with E-state index in [2.05, 4.69) is 9.71 Å². The molecule has 0 unspecified atom stereocenters. The normalized spacial score (nSPS) is 11.5. The molecule has 2 heterocycles. The lowest BCUT2D eigenvalue weighted by Crippen LogP contribution is -2.09. The zero-order valence-electron chi connectivity index (χ0n) is 12.1. The second kappa shape index (κ2) is 5.34. The van der Waals surface area contributed by atoms with Crippen molar-refractivity contribution in [2.24, 2.45) is 0 Å². The van der Waals surface area contributed by atoms with E-state index >= 15 is 0 Å². The van der Waals surface area contributed by atoms with Crippen molar-refractivity contribution in [3.05, 3.63) is 48.8 Å². The van der Waals surface area contributed by atoms with Gasteiger partial charge in [0, 0.05) is 24.0 Å². The number of aromatic nitrogens is 2. The molecular weight excluding hydrogens is 302 g/mol. The Hall–Kier alpha value is -2.54. The molecule has 0 bridgehead atoms. The highest BCUT2D eigenvalue weighted by Crippen LogP contribution is 2.32. The number of ether oxygens (including phenoxy) is 1. The number of sulfonamides is 1. The monoisotopic (exact) mass is 317 g/mol. The molecule has 0 spiro atoms.